The summed E-state index contributed by atoms with van der Waals surface area (Å²) in [5.74, 6) is 0.311. The molecule has 0 fully saturated rings. The van der Waals surface area contributed by atoms with E-state index in [1.54, 1.807) is 29.2 Å². The summed E-state index contributed by atoms with van der Waals surface area (Å²) in [6.07, 6.45) is 5.44. The van der Waals surface area contributed by atoms with E-state index in [4.69, 9.17) is 0 Å². The fourth-order valence-electron chi connectivity index (χ4n) is 1.99. The Balaban J connectivity index is 1.93. The Morgan fingerprint density at radius 3 is 2.52 bits per heavy atom. The van der Waals surface area contributed by atoms with Crippen LogP contribution in [0.4, 0.5) is 0 Å². The predicted molar refractivity (Wildman–Crippen MR) is 100 cm³/mol. The molecule has 1 N–H and O–H groups in total. The Kier molecular flexibility index (Phi) is 6.42. The molecule has 0 aliphatic carbocycles. The maximum atomic E-state index is 12.0. The van der Waals surface area contributed by atoms with Crippen molar-refractivity contribution in [2.75, 3.05) is 6.26 Å². The van der Waals surface area contributed by atoms with Crippen LogP contribution in [-0.4, -0.2) is 17.1 Å². The summed E-state index contributed by atoms with van der Waals surface area (Å²) in [7, 11) is 0. The van der Waals surface area contributed by atoms with Gasteiger partial charge in [-0.2, -0.15) is 0 Å². The van der Waals surface area contributed by atoms with Crippen molar-refractivity contribution in [2.24, 2.45) is 0 Å². The number of carbonyl (C=O) groups is 1. The van der Waals surface area contributed by atoms with Crippen LogP contribution < -0.4 is 5.32 Å². The fourth-order valence-corrected chi connectivity index (χ4v) is 3.32. The zero-order valence-corrected chi connectivity index (χ0v) is 15.5. The SMILES string of the molecule is CSc1ccc(/C=C/C(=O)NC(C)c2csc(C(C)C)n2)cc1. The highest BCUT2D eigenvalue weighted by Crippen LogP contribution is 2.22. The molecule has 2 rings (SSSR count). The lowest BCUT2D eigenvalue weighted by molar-refractivity contribution is -0.117. The quantitative estimate of drug-likeness (QED) is 0.599. The summed E-state index contributed by atoms with van der Waals surface area (Å²) in [6, 6.07) is 8.03. The molecule has 0 saturated carbocycles. The first-order valence-corrected chi connectivity index (χ1v) is 9.68. The molecule has 1 heterocycles. The first-order chi connectivity index (χ1) is 11.0. The van der Waals surface area contributed by atoms with Gasteiger partial charge in [0.2, 0.25) is 5.91 Å². The minimum atomic E-state index is -0.106. The van der Waals surface area contributed by atoms with E-state index < -0.39 is 0 Å². The normalized spacial score (nSPS) is 12.7. The number of hydrogen-bond donors (Lipinski definition) is 1. The number of amides is 1. The maximum absolute atomic E-state index is 12.0. The smallest absolute Gasteiger partial charge is 0.244 e. The molecule has 3 nitrogen and oxygen atoms in total. The van der Waals surface area contributed by atoms with E-state index in [-0.39, 0.29) is 11.9 Å². The molecule has 0 saturated heterocycles. The third kappa shape index (κ3) is 5.22. The molecule has 1 amide bonds. The molecule has 0 aliphatic heterocycles. The van der Waals surface area contributed by atoms with E-state index in [0.29, 0.717) is 5.92 Å². The van der Waals surface area contributed by atoms with Gasteiger partial charge in [0.25, 0.3) is 0 Å². The molecule has 23 heavy (non-hydrogen) atoms. The lowest BCUT2D eigenvalue weighted by Gasteiger charge is -2.09. The molecule has 1 aromatic carbocycles. The monoisotopic (exact) mass is 346 g/mol. The van der Waals surface area contributed by atoms with Crippen LogP contribution in [0.1, 0.15) is 49.0 Å². The second kappa shape index (κ2) is 8.31. The first kappa shape index (κ1) is 17.8. The lowest BCUT2D eigenvalue weighted by Crippen LogP contribution is -2.24. The van der Waals surface area contributed by atoms with Crippen molar-refractivity contribution in [2.45, 2.75) is 37.6 Å². The number of carbonyl (C=O) groups excluding carboxylic acids is 1. The number of aromatic nitrogens is 1. The van der Waals surface area contributed by atoms with Crippen LogP contribution in [-0.2, 0) is 4.79 Å². The Morgan fingerprint density at radius 2 is 1.96 bits per heavy atom. The van der Waals surface area contributed by atoms with Crippen LogP contribution in [0.15, 0.2) is 40.6 Å². The zero-order chi connectivity index (χ0) is 16.8. The van der Waals surface area contributed by atoms with Crippen LogP contribution in [0.3, 0.4) is 0 Å². The second-order valence-electron chi connectivity index (χ2n) is 5.60. The molecule has 1 atom stereocenters. The van der Waals surface area contributed by atoms with Crippen molar-refractivity contribution in [3.05, 3.63) is 52.0 Å². The minimum absolute atomic E-state index is 0.0882. The third-order valence-electron chi connectivity index (χ3n) is 3.38. The van der Waals surface area contributed by atoms with Gasteiger partial charge in [-0.3, -0.25) is 4.79 Å². The van der Waals surface area contributed by atoms with Crippen LogP contribution >= 0.6 is 23.1 Å². The highest BCUT2D eigenvalue weighted by Gasteiger charge is 2.13. The standard InChI is InChI=1S/C18H22N2OS2/c1-12(2)18-20-16(11-23-18)13(3)19-17(21)10-7-14-5-8-15(22-4)9-6-14/h5-13H,1-4H3,(H,19,21)/b10-7+. The molecule has 0 aliphatic rings. The maximum Gasteiger partial charge on any atom is 0.244 e. The highest BCUT2D eigenvalue weighted by molar-refractivity contribution is 7.98. The summed E-state index contributed by atoms with van der Waals surface area (Å²) in [5.41, 5.74) is 1.94. The Labute approximate surface area is 146 Å². The molecule has 1 aromatic heterocycles. The van der Waals surface area contributed by atoms with Gasteiger partial charge in [0, 0.05) is 22.3 Å². The molecule has 0 radical (unpaired) electrons. The number of benzene rings is 1. The summed E-state index contributed by atoms with van der Waals surface area (Å²) in [4.78, 5) is 17.8. The number of thiazole rings is 1. The number of rotatable bonds is 6. The van der Waals surface area contributed by atoms with Gasteiger partial charge in [0.1, 0.15) is 0 Å². The van der Waals surface area contributed by atoms with Crippen molar-refractivity contribution in [1.29, 1.82) is 0 Å². The second-order valence-corrected chi connectivity index (χ2v) is 7.37. The molecule has 0 spiro atoms. The number of nitrogens with zero attached hydrogens (tertiary/aromatic N) is 1. The predicted octanol–water partition coefficient (Wildman–Crippen LogP) is 4.88. The largest absolute Gasteiger partial charge is 0.344 e. The lowest BCUT2D eigenvalue weighted by atomic mass is 10.2. The van der Waals surface area contributed by atoms with E-state index in [1.165, 1.54) is 4.90 Å². The minimum Gasteiger partial charge on any atom is -0.344 e. The van der Waals surface area contributed by atoms with Crippen LogP contribution in [0.2, 0.25) is 0 Å². The molecular weight excluding hydrogens is 324 g/mol. The first-order valence-electron chi connectivity index (χ1n) is 7.57. The Morgan fingerprint density at radius 1 is 1.26 bits per heavy atom. The fraction of sp³-hybridized carbons (Fsp3) is 0.333. The van der Waals surface area contributed by atoms with Crippen LogP contribution in [0.5, 0.6) is 0 Å². The molecule has 5 heteroatoms. The number of hydrogen-bond acceptors (Lipinski definition) is 4. The number of nitrogens with one attached hydrogen (secondary N) is 1. The summed E-state index contributed by atoms with van der Waals surface area (Å²) in [5, 5.41) is 6.08. The summed E-state index contributed by atoms with van der Waals surface area (Å²) >= 11 is 3.35. The van der Waals surface area contributed by atoms with Gasteiger partial charge in [-0.25, -0.2) is 4.98 Å². The van der Waals surface area contributed by atoms with E-state index in [1.807, 2.05) is 48.9 Å². The van der Waals surface area contributed by atoms with Crippen LogP contribution in [0, 0.1) is 0 Å². The number of thioether (sulfide) groups is 1. The van der Waals surface area contributed by atoms with Gasteiger partial charge >= 0.3 is 0 Å². The molecule has 1 unspecified atom stereocenters. The molecule has 0 bridgehead atoms. The Hall–Kier alpha value is -1.59. The summed E-state index contributed by atoms with van der Waals surface area (Å²) in [6.45, 7) is 6.20. The van der Waals surface area contributed by atoms with E-state index in [2.05, 4.69) is 24.1 Å². The van der Waals surface area contributed by atoms with Gasteiger partial charge in [-0.15, -0.1) is 23.1 Å². The van der Waals surface area contributed by atoms with Crippen molar-refractivity contribution >= 4 is 35.1 Å². The van der Waals surface area contributed by atoms with Gasteiger partial charge in [-0.05, 0) is 37.0 Å². The van der Waals surface area contributed by atoms with Crippen molar-refractivity contribution in [3.63, 3.8) is 0 Å². The van der Waals surface area contributed by atoms with Gasteiger partial charge in [0.15, 0.2) is 0 Å². The highest BCUT2D eigenvalue weighted by atomic mass is 32.2. The van der Waals surface area contributed by atoms with Crippen LogP contribution in [0.25, 0.3) is 6.08 Å². The van der Waals surface area contributed by atoms with Gasteiger partial charge in [0.05, 0.1) is 16.7 Å². The molecule has 122 valence electrons. The third-order valence-corrected chi connectivity index (χ3v) is 5.29. The molecule has 2 aromatic rings. The van der Waals surface area contributed by atoms with Crippen molar-refractivity contribution in [1.82, 2.24) is 10.3 Å². The summed E-state index contributed by atoms with van der Waals surface area (Å²) < 4.78 is 0. The zero-order valence-electron chi connectivity index (χ0n) is 13.9. The van der Waals surface area contributed by atoms with Gasteiger partial charge in [-0.1, -0.05) is 26.0 Å². The van der Waals surface area contributed by atoms with Crippen molar-refractivity contribution < 1.29 is 4.79 Å². The van der Waals surface area contributed by atoms with E-state index in [9.17, 15) is 4.79 Å². The Bertz CT molecular complexity index is 675. The van der Waals surface area contributed by atoms with Crippen molar-refractivity contribution in [3.8, 4) is 0 Å². The van der Waals surface area contributed by atoms with Gasteiger partial charge < -0.3 is 5.32 Å². The van der Waals surface area contributed by atoms with E-state index >= 15 is 0 Å². The molecular formula is C18H22N2OS2. The average molecular weight is 347 g/mol. The van der Waals surface area contributed by atoms with E-state index in [0.717, 1.165) is 16.3 Å². The average Bonchev–Trinajstić information content (AvgIpc) is 3.04. The topological polar surface area (TPSA) is 42.0 Å².